The van der Waals surface area contributed by atoms with E-state index in [1.54, 1.807) is 24.4 Å². The number of thiazole rings is 1. The quantitative estimate of drug-likeness (QED) is 0.00945. The third kappa shape index (κ3) is 12.9. The molecule has 1 fully saturated rings. The lowest BCUT2D eigenvalue weighted by atomic mass is 9.77. The molecule has 17 nitrogen and oxygen atoms in total. The molecular formula is C71H55N9O8S4. The minimum atomic E-state index is -1.19. The molecule has 2 atom stereocenters. The second kappa shape index (κ2) is 27.4. The maximum Gasteiger partial charge on any atom is 0.379 e. The van der Waals surface area contributed by atoms with Crippen LogP contribution < -0.4 is 10.6 Å². The van der Waals surface area contributed by atoms with Crippen molar-refractivity contribution in [1.82, 2.24) is 34.8 Å². The molecule has 456 valence electrons. The third-order valence-electron chi connectivity index (χ3n) is 15.4. The molecule has 0 radical (unpaired) electrons. The second-order valence-electron chi connectivity index (χ2n) is 21.4. The predicted octanol–water partition coefficient (Wildman–Crippen LogP) is 12.6. The van der Waals surface area contributed by atoms with Crippen molar-refractivity contribution in [2.45, 2.75) is 47.5 Å². The van der Waals surface area contributed by atoms with Gasteiger partial charge in [-0.2, -0.15) is 9.50 Å². The van der Waals surface area contributed by atoms with Crippen LogP contribution in [0.4, 0.5) is 5.13 Å². The van der Waals surface area contributed by atoms with E-state index in [-0.39, 0.29) is 46.6 Å². The molecular weight excluding hydrogens is 1240 g/mol. The van der Waals surface area contributed by atoms with Gasteiger partial charge in [-0.1, -0.05) is 224 Å². The lowest BCUT2D eigenvalue weighted by Crippen LogP contribution is -2.71. The largest absolute Gasteiger partial charge is 0.448 e. The van der Waals surface area contributed by atoms with Gasteiger partial charge in [-0.15, -0.1) is 51.3 Å². The van der Waals surface area contributed by atoms with Crippen molar-refractivity contribution in [2.75, 3.05) is 16.8 Å². The van der Waals surface area contributed by atoms with Crippen molar-refractivity contribution in [3.8, 4) is 0 Å². The van der Waals surface area contributed by atoms with Crippen LogP contribution >= 0.6 is 46.2 Å². The molecule has 2 aliphatic heterocycles. The number of oxime groups is 1. The molecule has 2 aliphatic rings. The van der Waals surface area contributed by atoms with Gasteiger partial charge in [0.1, 0.15) is 33.4 Å². The maximum absolute atomic E-state index is 15.3. The van der Waals surface area contributed by atoms with E-state index in [1.165, 1.54) is 55.6 Å². The Hall–Kier alpha value is -10.3. The van der Waals surface area contributed by atoms with Crippen LogP contribution in [0.15, 0.2) is 263 Å². The van der Waals surface area contributed by atoms with E-state index >= 15 is 9.59 Å². The molecule has 2 amide bonds. The zero-order chi connectivity index (χ0) is 63.0. The number of thiophene rings is 1. The number of ether oxygens (including phenoxy) is 2. The van der Waals surface area contributed by atoms with Gasteiger partial charge in [-0.3, -0.25) is 14.5 Å². The van der Waals surface area contributed by atoms with Crippen LogP contribution in [-0.2, 0) is 45.4 Å². The fourth-order valence-corrected chi connectivity index (χ4v) is 15.0. The maximum atomic E-state index is 15.3. The lowest BCUT2D eigenvalue weighted by Gasteiger charge is -2.49. The van der Waals surface area contributed by atoms with Gasteiger partial charge in [0.05, 0.1) is 6.42 Å². The van der Waals surface area contributed by atoms with Crippen LogP contribution in [0.5, 0.6) is 0 Å². The van der Waals surface area contributed by atoms with Crippen molar-refractivity contribution < 1.29 is 38.3 Å². The highest BCUT2D eigenvalue weighted by molar-refractivity contribution is 8.01. The number of rotatable bonds is 22. The lowest BCUT2D eigenvalue weighted by molar-refractivity contribution is -0.154. The van der Waals surface area contributed by atoms with Gasteiger partial charge in [-0.05, 0) is 69.0 Å². The van der Waals surface area contributed by atoms with Crippen LogP contribution in [-0.4, -0.2) is 87.8 Å². The molecule has 11 aromatic rings. The van der Waals surface area contributed by atoms with Gasteiger partial charge in [0, 0.05) is 27.5 Å². The van der Waals surface area contributed by atoms with Crippen LogP contribution in [0.1, 0.15) is 78.0 Å². The molecule has 21 heteroatoms. The zero-order valence-electron chi connectivity index (χ0n) is 49.1. The smallest absolute Gasteiger partial charge is 0.379 e. The number of amides is 2. The highest BCUT2D eigenvalue weighted by Crippen LogP contribution is 2.44. The Kier molecular flexibility index (Phi) is 18.1. The first-order valence-corrected chi connectivity index (χ1v) is 33.0. The first-order valence-electron chi connectivity index (χ1n) is 29.3. The number of nitrogens with one attached hydrogen (secondary N) is 2. The summed E-state index contributed by atoms with van der Waals surface area (Å²) in [6.45, 7) is 1.80. The number of β-lactam (4-membered cyclic amide) rings is 1. The number of hydrogen-bond donors (Lipinski definition) is 2. The van der Waals surface area contributed by atoms with E-state index in [0.717, 1.165) is 32.7 Å². The summed E-state index contributed by atoms with van der Waals surface area (Å²) >= 11 is 5.24. The summed E-state index contributed by atoms with van der Waals surface area (Å²) in [6.07, 6.45) is -1.72. The predicted molar refractivity (Wildman–Crippen MR) is 355 cm³/mol. The van der Waals surface area contributed by atoms with Gasteiger partial charge in [0.2, 0.25) is 0 Å². The van der Waals surface area contributed by atoms with Gasteiger partial charge in [0.25, 0.3) is 23.4 Å². The Labute approximate surface area is 545 Å². The number of aromatic nitrogens is 5. The molecule has 13 rings (SSSR count). The van der Waals surface area contributed by atoms with Crippen molar-refractivity contribution in [3.63, 3.8) is 0 Å². The van der Waals surface area contributed by atoms with Crippen LogP contribution in [0.2, 0.25) is 0 Å². The Morgan fingerprint density at radius 1 is 0.652 bits per heavy atom. The van der Waals surface area contributed by atoms with Gasteiger partial charge >= 0.3 is 17.9 Å². The minimum Gasteiger partial charge on any atom is -0.448 e. The van der Waals surface area contributed by atoms with E-state index in [9.17, 15) is 14.4 Å². The molecule has 4 aromatic heterocycles. The molecule has 0 aliphatic carbocycles. The summed E-state index contributed by atoms with van der Waals surface area (Å²) in [5.74, 6) is -3.39. The monoisotopic (exact) mass is 1290 g/mol. The van der Waals surface area contributed by atoms with Crippen LogP contribution in [0, 0.1) is 6.92 Å². The van der Waals surface area contributed by atoms with Crippen LogP contribution in [0.3, 0.4) is 0 Å². The van der Waals surface area contributed by atoms with E-state index in [1.807, 2.05) is 224 Å². The molecule has 7 aromatic carbocycles. The van der Waals surface area contributed by atoms with Crippen molar-refractivity contribution in [3.05, 3.63) is 314 Å². The molecule has 0 saturated carbocycles. The number of carbonyl (C=O) groups is 5. The van der Waals surface area contributed by atoms with E-state index in [2.05, 4.69) is 30.9 Å². The van der Waals surface area contributed by atoms with Gasteiger partial charge < -0.3 is 24.9 Å². The Balaban J connectivity index is 0.809. The summed E-state index contributed by atoms with van der Waals surface area (Å²) < 4.78 is 14.1. The summed E-state index contributed by atoms with van der Waals surface area (Å²) in [5.41, 5.74) is 5.56. The first kappa shape index (κ1) is 60.6. The number of fused-ring (bicyclic) bond motifs is 2. The fourth-order valence-electron chi connectivity index (χ4n) is 11.1. The van der Waals surface area contributed by atoms with E-state index in [0.29, 0.717) is 32.6 Å². The SMILES string of the molecule is Cc1cc(SCC2=C(C(=O)OC(c3ccccc3)c3ccccc3)N3C(=O)[C@@H](NC(=O)C(=NOC(=O)Cc4cccs4)c4csc(NC(c5ccccc5)(c5ccccc5)c5ccccc5)n4)[C@H]3SC2)n2nc(C(=O)OC(c3ccccc3)c3ccccc3)nc2n1. The van der Waals surface area contributed by atoms with E-state index in [4.69, 9.17) is 19.3 Å². The summed E-state index contributed by atoms with van der Waals surface area (Å²) in [5, 5.41) is 19.1. The fraction of sp³-hybridized carbons (Fsp3) is 0.127. The highest BCUT2D eigenvalue weighted by atomic mass is 32.2. The van der Waals surface area contributed by atoms with E-state index < -0.39 is 58.9 Å². The zero-order valence-corrected chi connectivity index (χ0v) is 52.3. The van der Waals surface area contributed by atoms with Crippen molar-refractivity contribution in [2.24, 2.45) is 5.16 Å². The summed E-state index contributed by atoms with van der Waals surface area (Å²) in [4.78, 5) is 94.4. The Morgan fingerprint density at radius 2 is 1.17 bits per heavy atom. The molecule has 0 spiro atoms. The molecule has 6 heterocycles. The van der Waals surface area contributed by atoms with Crippen LogP contribution in [0.25, 0.3) is 5.78 Å². The topological polar surface area (TPSA) is 209 Å². The Bertz CT molecular complexity index is 4330. The van der Waals surface area contributed by atoms with Gasteiger partial charge in [0.15, 0.2) is 23.1 Å². The van der Waals surface area contributed by atoms with Gasteiger partial charge in [-0.25, -0.2) is 24.4 Å². The second-order valence-corrected chi connectivity index (χ2v) is 25.4. The molecule has 0 unspecified atom stereocenters. The average Bonchev–Trinajstić information content (AvgIpc) is 1.34. The number of aryl methyl sites for hydroxylation is 1. The number of hydrogen-bond acceptors (Lipinski definition) is 18. The van der Waals surface area contributed by atoms with Crippen molar-refractivity contribution in [1.29, 1.82) is 0 Å². The molecule has 0 bridgehead atoms. The first-order chi connectivity index (χ1) is 45.1. The summed E-state index contributed by atoms with van der Waals surface area (Å²) in [6, 6.07) is 71.5. The molecule has 1 saturated heterocycles. The molecule has 92 heavy (non-hydrogen) atoms. The highest BCUT2D eigenvalue weighted by Gasteiger charge is 2.55. The number of carbonyl (C=O) groups excluding carboxylic acids is 5. The number of benzene rings is 7. The Morgan fingerprint density at radius 3 is 1.70 bits per heavy atom. The number of thioether (sulfide) groups is 2. The van der Waals surface area contributed by atoms with Crippen molar-refractivity contribution >= 4 is 92.5 Å². The normalized spacial score (nSPS) is 14.8. The number of anilines is 1. The number of esters is 2. The standard InChI is InChI=1S/C71H55N9O8S4/c1-45-40-56(80-69(72-45)75-63(77-80)68(85)87-62(48-28-13-4-14-29-48)49-30-15-5-16-31-49)90-42-50-43-91-66-59(65(83)79(66)60(50)67(84)86-61(46-24-9-2-10-25-46)47-26-11-3-12-27-47)74-64(82)58(78-88-57(81)41-54-38-23-39-89-54)55-44-92-70(73-55)76-71(51-32-17-6-18-33-51,52-34-19-7-20-35-52)53-36-21-8-22-37-53/h2-40,44,59,61-62,66H,41-43H2,1H3,(H,73,76)(H,74,82)/t59-,66-/m1/s1. The summed E-state index contributed by atoms with van der Waals surface area (Å²) in [7, 11) is 0. The third-order valence-corrected chi connectivity index (χ3v) is 19.4. The average molecular weight is 1290 g/mol. The number of nitrogens with zero attached hydrogens (tertiary/aromatic N) is 7. The minimum absolute atomic E-state index is 0.0108. The molecule has 2 N–H and O–H groups in total.